The van der Waals surface area contributed by atoms with Gasteiger partial charge in [0.15, 0.2) is 0 Å². The lowest BCUT2D eigenvalue weighted by Gasteiger charge is -2.36. The average Bonchev–Trinajstić information content (AvgIpc) is 2.67. The molecule has 1 aromatic heterocycles. The van der Waals surface area contributed by atoms with Gasteiger partial charge < -0.3 is 15.3 Å². The summed E-state index contributed by atoms with van der Waals surface area (Å²) in [5.41, 5.74) is 2.08. The number of nitrogens with one attached hydrogen (secondary N) is 1. The maximum atomic E-state index is 13.2. The number of para-hydroxylation sites is 1. The van der Waals surface area contributed by atoms with Gasteiger partial charge in [0.25, 0.3) is 5.91 Å². The molecule has 1 aliphatic rings. The van der Waals surface area contributed by atoms with Crippen molar-refractivity contribution >= 4 is 17.6 Å². The predicted molar refractivity (Wildman–Crippen MR) is 94.4 cm³/mol. The van der Waals surface area contributed by atoms with Gasteiger partial charge in [-0.05, 0) is 43.0 Å². The third-order valence-electron chi connectivity index (χ3n) is 4.42. The number of carboxylic acids is 1. The minimum Gasteiger partial charge on any atom is -0.480 e. The molecule has 2 N–H and O–H groups in total. The fraction of sp³-hybridized carbons (Fsp3) is 0.316. The number of aromatic nitrogens is 1. The molecule has 0 radical (unpaired) electrons. The van der Waals surface area contributed by atoms with E-state index in [1.165, 1.54) is 0 Å². The van der Waals surface area contributed by atoms with Crippen molar-refractivity contribution < 1.29 is 14.7 Å². The number of benzene rings is 1. The Labute approximate surface area is 146 Å². The van der Waals surface area contributed by atoms with E-state index in [1.807, 2.05) is 23.2 Å². The highest BCUT2D eigenvalue weighted by molar-refractivity contribution is 6.00. The molecule has 0 bridgehead atoms. The summed E-state index contributed by atoms with van der Waals surface area (Å²) in [6, 6.07) is 10.9. The van der Waals surface area contributed by atoms with Gasteiger partial charge in [0.05, 0.1) is 11.6 Å². The fourth-order valence-corrected chi connectivity index (χ4v) is 3.24. The van der Waals surface area contributed by atoms with E-state index >= 15 is 0 Å². The average molecular weight is 339 g/mol. The highest BCUT2D eigenvalue weighted by Crippen LogP contribution is 2.32. The minimum absolute atomic E-state index is 0.00230. The number of nitrogens with zero attached hydrogens (tertiary/aromatic N) is 2. The highest BCUT2D eigenvalue weighted by Gasteiger charge is 2.29. The number of anilines is 1. The SMILES string of the molecule is O=C(O)CNc1ccccc1C(=O)N1CCCCC1c1cccnc1. The van der Waals surface area contributed by atoms with Crippen LogP contribution in [0.3, 0.4) is 0 Å². The standard InChI is InChI=1S/C19H21N3O3/c23-18(24)13-21-16-8-2-1-7-15(16)19(25)22-11-4-3-9-17(22)14-6-5-10-20-12-14/h1-2,5-8,10,12,17,21H,3-4,9,11,13H2,(H,23,24). The van der Waals surface area contributed by atoms with E-state index in [4.69, 9.17) is 5.11 Å². The molecule has 2 aromatic rings. The number of amides is 1. The zero-order valence-electron chi connectivity index (χ0n) is 13.9. The predicted octanol–water partition coefficient (Wildman–Crippen LogP) is 2.95. The van der Waals surface area contributed by atoms with Crippen molar-refractivity contribution in [3.63, 3.8) is 0 Å². The van der Waals surface area contributed by atoms with Crippen molar-refractivity contribution in [3.8, 4) is 0 Å². The lowest BCUT2D eigenvalue weighted by Crippen LogP contribution is -2.39. The summed E-state index contributed by atoms with van der Waals surface area (Å²) in [4.78, 5) is 30.0. The molecule has 0 aliphatic carbocycles. The Morgan fingerprint density at radius 2 is 2.04 bits per heavy atom. The van der Waals surface area contributed by atoms with Crippen LogP contribution in [0.25, 0.3) is 0 Å². The maximum Gasteiger partial charge on any atom is 0.322 e. The van der Waals surface area contributed by atoms with Crippen LogP contribution in [0.4, 0.5) is 5.69 Å². The Morgan fingerprint density at radius 3 is 2.80 bits per heavy atom. The van der Waals surface area contributed by atoms with Crippen LogP contribution in [-0.2, 0) is 4.79 Å². The van der Waals surface area contributed by atoms with Crippen LogP contribution in [0, 0.1) is 0 Å². The second-order valence-electron chi connectivity index (χ2n) is 6.09. The number of likely N-dealkylation sites (tertiary alicyclic amines) is 1. The third-order valence-corrected chi connectivity index (χ3v) is 4.42. The van der Waals surface area contributed by atoms with E-state index in [9.17, 15) is 9.59 Å². The molecule has 2 heterocycles. The largest absolute Gasteiger partial charge is 0.480 e. The zero-order chi connectivity index (χ0) is 17.6. The molecule has 1 saturated heterocycles. The van der Waals surface area contributed by atoms with Crippen LogP contribution in [0.15, 0.2) is 48.8 Å². The molecular formula is C19H21N3O3. The molecule has 1 aliphatic heterocycles. The van der Waals surface area contributed by atoms with Crippen molar-refractivity contribution in [2.24, 2.45) is 0 Å². The van der Waals surface area contributed by atoms with Gasteiger partial charge in [-0.1, -0.05) is 18.2 Å². The summed E-state index contributed by atoms with van der Waals surface area (Å²) in [5.74, 6) is -1.05. The van der Waals surface area contributed by atoms with Crippen molar-refractivity contribution in [2.75, 3.05) is 18.4 Å². The third kappa shape index (κ3) is 3.96. The van der Waals surface area contributed by atoms with Crippen molar-refractivity contribution in [2.45, 2.75) is 25.3 Å². The second kappa shape index (κ2) is 7.79. The van der Waals surface area contributed by atoms with Gasteiger partial charge in [-0.2, -0.15) is 0 Å². The van der Waals surface area contributed by atoms with Crippen molar-refractivity contribution in [1.82, 2.24) is 9.88 Å². The molecule has 1 amide bonds. The fourth-order valence-electron chi connectivity index (χ4n) is 3.24. The molecule has 1 atom stereocenters. The van der Waals surface area contributed by atoms with E-state index in [0.29, 0.717) is 17.8 Å². The normalized spacial score (nSPS) is 17.1. The van der Waals surface area contributed by atoms with Crippen LogP contribution in [0.1, 0.15) is 41.2 Å². The number of carboxylic acid groups (broad SMARTS) is 1. The van der Waals surface area contributed by atoms with Gasteiger partial charge in [-0.3, -0.25) is 14.6 Å². The highest BCUT2D eigenvalue weighted by atomic mass is 16.4. The summed E-state index contributed by atoms with van der Waals surface area (Å²) < 4.78 is 0. The Morgan fingerprint density at radius 1 is 1.20 bits per heavy atom. The lowest BCUT2D eigenvalue weighted by molar-refractivity contribution is -0.134. The Kier molecular flexibility index (Phi) is 5.28. The molecule has 1 fully saturated rings. The molecule has 6 heteroatoms. The quantitative estimate of drug-likeness (QED) is 0.875. The van der Waals surface area contributed by atoms with Crippen LogP contribution in [-0.4, -0.2) is 40.0 Å². The monoisotopic (exact) mass is 339 g/mol. The van der Waals surface area contributed by atoms with Crippen LogP contribution in [0.2, 0.25) is 0 Å². The summed E-state index contributed by atoms with van der Waals surface area (Å²) in [7, 11) is 0. The molecule has 0 spiro atoms. The van der Waals surface area contributed by atoms with Gasteiger partial charge >= 0.3 is 5.97 Å². The second-order valence-corrected chi connectivity index (χ2v) is 6.09. The number of hydrogen-bond acceptors (Lipinski definition) is 4. The first-order valence-corrected chi connectivity index (χ1v) is 8.42. The van der Waals surface area contributed by atoms with Gasteiger partial charge in [-0.25, -0.2) is 0 Å². The van der Waals surface area contributed by atoms with E-state index < -0.39 is 5.97 Å². The van der Waals surface area contributed by atoms with Crippen LogP contribution >= 0.6 is 0 Å². The molecule has 1 unspecified atom stereocenters. The van der Waals surface area contributed by atoms with Gasteiger partial charge in [0, 0.05) is 24.6 Å². The van der Waals surface area contributed by atoms with E-state index in [-0.39, 0.29) is 18.5 Å². The van der Waals surface area contributed by atoms with Gasteiger partial charge in [-0.15, -0.1) is 0 Å². The molecule has 1 aromatic carbocycles. The first-order chi connectivity index (χ1) is 12.2. The first kappa shape index (κ1) is 17.0. The minimum atomic E-state index is -0.964. The Bertz CT molecular complexity index is 749. The number of pyridine rings is 1. The van der Waals surface area contributed by atoms with Gasteiger partial charge in [0.1, 0.15) is 6.54 Å². The number of hydrogen-bond donors (Lipinski definition) is 2. The molecule has 0 saturated carbocycles. The molecule has 130 valence electrons. The summed E-state index contributed by atoms with van der Waals surface area (Å²) >= 11 is 0. The topological polar surface area (TPSA) is 82.5 Å². The number of carbonyl (C=O) groups is 2. The molecule has 6 nitrogen and oxygen atoms in total. The summed E-state index contributed by atoms with van der Waals surface area (Å²) in [6.07, 6.45) is 6.48. The zero-order valence-corrected chi connectivity index (χ0v) is 13.9. The first-order valence-electron chi connectivity index (χ1n) is 8.42. The summed E-state index contributed by atoms with van der Waals surface area (Å²) in [6.45, 7) is 0.460. The van der Waals surface area contributed by atoms with E-state index in [1.54, 1.807) is 30.5 Å². The van der Waals surface area contributed by atoms with Crippen molar-refractivity contribution in [3.05, 3.63) is 59.9 Å². The Balaban J connectivity index is 1.87. The number of rotatable bonds is 5. The van der Waals surface area contributed by atoms with Crippen LogP contribution < -0.4 is 5.32 Å². The van der Waals surface area contributed by atoms with Crippen LogP contribution in [0.5, 0.6) is 0 Å². The number of carbonyl (C=O) groups excluding carboxylic acids is 1. The molecular weight excluding hydrogens is 318 g/mol. The van der Waals surface area contributed by atoms with E-state index in [2.05, 4.69) is 10.3 Å². The molecule has 25 heavy (non-hydrogen) atoms. The number of piperidine rings is 1. The smallest absolute Gasteiger partial charge is 0.322 e. The number of aliphatic carboxylic acids is 1. The maximum absolute atomic E-state index is 13.2. The lowest BCUT2D eigenvalue weighted by atomic mass is 9.95. The summed E-state index contributed by atoms with van der Waals surface area (Å²) in [5, 5.41) is 11.7. The Hall–Kier alpha value is -2.89. The van der Waals surface area contributed by atoms with E-state index in [0.717, 1.165) is 24.8 Å². The van der Waals surface area contributed by atoms with Gasteiger partial charge in [0.2, 0.25) is 0 Å². The van der Waals surface area contributed by atoms with Crippen molar-refractivity contribution in [1.29, 1.82) is 0 Å². The molecule has 3 rings (SSSR count).